The van der Waals surface area contributed by atoms with E-state index >= 15 is 0 Å². The van der Waals surface area contributed by atoms with E-state index in [-0.39, 0.29) is 5.91 Å². The summed E-state index contributed by atoms with van der Waals surface area (Å²) in [5.74, 6) is 1.72. The van der Waals surface area contributed by atoms with Crippen molar-refractivity contribution in [3.8, 4) is 0 Å². The molecule has 8 nitrogen and oxygen atoms in total. The molecule has 2 aromatic carbocycles. The van der Waals surface area contributed by atoms with E-state index in [1.807, 2.05) is 47.4 Å². The second-order valence-corrected chi connectivity index (χ2v) is 9.76. The molecular weight excluding hydrogens is 486 g/mol. The smallest absolute Gasteiger partial charge is 0.256 e. The van der Waals surface area contributed by atoms with Gasteiger partial charge in [0.1, 0.15) is 5.82 Å². The highest BCUT2D eigenvalue weighted by molar-refractivity contribution is 6.30. The molecule has 4 aromatic rings. The molecule has 0 saturated carbocycles. The highest BCUT2D eigenvalue weighted by Gasteiger charge is 2.26. The molecule has 6 rings (SSSR count). The Hall–Kier alpha value is -3.91. The van der Waals surface area contributed by atoms with Gasteiger partial charge in [0, 0.05) is 87.0 Å². The van der Waals surface area contributed by atoms with E-state index in [9.17, 15) is 4.79 Å². The first-order valence-electron chi connectivity index (χ1n) is 12.6. The summed E-state index contributed by atoms with van der Waals surface area (Å²) in [6.07, 6.45) is 5.31. The first-order chi connectivity index (χ1) is 18.2. The second kappa shape index (κ2) is 10.2. The van der Waals surface area contributed by atoms with Crippen LogP contribution in [0.15, 0.2) is 73.2 Å². The molecule has 2 aliphatic rings. The Morgan fingerprint density at radius 3 is 2.11 bits per heavy atom. The molecule has 0 unspecified atom stereocenters. The highest BCUT2D eigenvalue weighted by atomic mass is 35.5. The number of aromatic nitrogens is 3. The number of hydrogen-bond acceptors (Lipinski definition) is 7. The molecule has 2 aliphatic heterocycles. The molecule has 0 radical (unpaired) electrons. The van der Waals surface area contributed by atoms with Gasteiger partial charge in [0.25, 0.3) is 5.91 Å². The summed E-state index contributed by atoms with van der Waals surface area (Å²) in [5, 5.41) is 2.68. The molecule has 188 valence electrons. The van der Waals surface area contributed by atoms with Crippen molar-refractivity contribution in [2.45, 2.75) is 0 Å². The van der Waals surface area contributed by atoms with E-state index in [2.05, 4.69) is 36.8 Å². The Bertz CT molecular complexity index is 1400. The fraction of sp³-hybridized carbons (Fsp3) is 0.286. The fourth-order valence-electron chi connectivity index (χ4n) is 5.18. The monoisotopic (exact) mass is 513 g/mol. The maximum Gasteiger partial charge on any atom is 0.256 e. The maximum atomic E-state index is 13.6. The zero-order chi connectivity index (χ0) is 25.2. The number of fused-ring (bicyclic) bond motifs is 1. The fourth-order valence-corrected chi connectivity index (χ4v) is 5.37. The molecule has 4 heterocycles. The third kappa shape index (κ3) is 4.76. The van der Waals surface area contributed by atoms with Crippen molar-refractivity contribution in [3.63, 3.8) is 0 Å². The zero-order valence-corrected chi connectivity index (χ0v) is 21.3. The highest BCUT2D eigenvalue weighted by Crippen LogP contribution is 2.29. The number of rotatable bonds is 4. The van der Waals surface area contributed by atoms with Gasteiger partial charge in [0.15, 0.2) is 0 Å². The van der Waals surface area contributed by atoms with Gasteiger partial charge >= 0.3 is 0 Å². The zero-order valence-electron chi connectivity index (χ0n) is 20.5. The van der Waals surface area contributed by atoms with Gasteiger partial charge in [-0.2, -0.15) is 0 Å². The number of benzene rings is 2. The summed E-state index contributed by atoms with van der Waals surface area (Å²) < 4.78 is 0. The molecule has 2 saturated heterocycles. The van der Waals surface area contributed by atoms with E-state index in [0.717, 1.165) is 72.5 Å². The van der Waals surface area contributed by atoms with Crippen molar-refractivity contribution in [2.75, 3.05) is 67.1 Å². The second-order valence-electron chi connectivity index (χ2n) is 9.32. The average Bonchev–Trinajstić information content (AvgIpc) is 2.97. The molecule has 1 amide bonds. The number of amides is 1. The largest absolute Gasteiger partial charge is 0.368 e. The molecule has 0 atom stereocenters. The summed E-state index contributed by atoms with van der Waals surface area (Å²) in [4.78, 5) is 35.9. The maximum absolute atomic E-state index is 13.6. The Balaban J connectivity index is 1.18. The SMILES string of the molecule is O=C(c1cnc(N2CCN(c3ncccn3)CC2)c2ccccc12)N1CCN(c2cccc(Cl)c2)CC1. The topological polar surface area (TPSA) is 68.7 Å². The van der Waals surface area contributed by atoms with E-state index in [1.165, 1.54) is 0 Å². The minimum Gasteiger partial charge on any atom is -0.368 e. The molecule has 0 bridgehead atoms. The van der Waals surface area contributed by atoms with Crippen molar-refractivity contribution in [1.29, 1.82) is 0 Å². The van der Waals surface area contributed by atoms with Crippen molar-refractivity contribution >= 4 is 45.7 Å². The normalized spacial score (nSPS) is 16.4. The number of anilines is 3. The first-order valence-corrected chi connectivity index (χ1v) is 13.0. The van der Waals surface area contributed by atoms with Crippen LogP contribution >= 0.6 is 11.6 Å². The number of halogens is 1. The molecule has 0 spiro atoms. The number of nitrogens with zero attached hydrogens (tertiary/aromatic N) is 7. The van der Waals surface area contributed by atoms with E-state index in [0.29, 0.717) is 18.7 Å². The number of pyridine rings is 1. The number of piperazine rings is 2. The van der Waals surface area contributed by atoms with Gasteiger partial charge in [0.05, 0.1) is 5.56 Å². The van der Waals surface area contributed by atoms with Crippen molar-refractivity contribution < 1.29 is 4.79 Å². The summed E-state index contributed by atoms with van der Waals surface area (Å²) in [7, 11) is 0. The van der Waals surface area contributed by atoms with Gasteiger partial charge in [-0.25, -0.2) is 15.0 Å². The van der Waals surface area contributed by atoms with Crippen molar-refractivity contribution in [3.05, 3.63) is 83.8 Å². The van der Waals surface area contributed by atoms with E-state index in [1.54, 1.807) is 18.6 Å². The van der Waals surface area contributed by atoms with Crippen LogP contribution in [0.2, 0.25) is 5.02 Å². The summed E-state index contributed by atoms with van der Waals surface area (Å²) >= 11 is 6.17. The first kappa shape index (κ1) is 23.5. The van der Waals surface area contributed by atoms with Crippen LogP contribution in [-0.2, 0) is 0 Å². The summed E-state index contributed by atoms with van der Waals surface area (Å²) in [6.45, 7) is 6.11. The van der Waals surface area contributed by atoms with Gasteiger partial charge in [0.2, 0.25) is 5.95 Å². The Morgan fingerprint density at radius 2 is 1.38 bits per heavy atom. The van der Waals surface area contributed by atoms with Crippen LogP contribution in [0.25, 0.3) is 10.8 Å². The predicted molar refractivity (Wildman–Crippen MR) is 148 cm³/mol. The van der Waals surface area contributed by atoms with Crippen molar-refractivity contribution in [2.24, 2.45) is 0 Å². The van der Waals surface area contributed by atoms with Crippen LogP contribution < -0.4 is 14.7 Å². The number of carbonyl (C=O) groups is 1. The lowest BCUT2D eigenvalue weighted by molar-refractivity contribution is 0.0748. The van der Waals surface area contributed by atoms with Crippen LogP contribution in [0, 0.1) is 0 Å². The van der Waals surface area contributed by atoms with Crippen LogP contribution in [-0.4, -0.2) is 78.1 Å². The third-order valence-corrected chi connectivity index (χ3v) is 7.39. The van der Waals surface area contributed by atoms with Crippen molar-refractivity contribution in [1.82, 2.24) is 19.9 Å². The van der Waals surface area contributed by atoms with Gasteiger partial charge < -0.3 is 19.6 Å². The summed E-state index contributed by atoms with van der Waals surface area (Å²) in [5.41, 5.74) is 1.75. The van der Waals surface area contributed by atoms with E-state index < -0.39 is 0 Å². The molecule has 2 aromatic heterocycles. The van der Waals surface area contributed by atoms with Crippen LogP contribution in [0.1, 0.15) is 10.4 Å². The number of hydrogen-bond donors (Lipinski definition) is 0. The van der Waals surface area contributed by atoms with Crippen LogP contribution in [0.3, 0.4) is 0 Å². The third-order valence-electron chi connectivity index (χ3n) is 7.16. The van der Waals surface area contributed by atoms with Gasteiger partial charge in [-0.15, -0.1) is 0 Å². The lowest BCUT2D eigenvalue weighted by Crippen LogP contribution is -2.49. The Kier molecular flexibility index (Phi) is 6.49. The standard InChI is InChI=1S/C28H28ClN7O/c29-21-5-3-6-22(19-21)33-11-15-35(16-12-33)27(37)25-20-32-26(24-8-2-1-7-23(24)25)34-13-17-36(18-14-34)28-30-9-4-10-31-28/h1-10,19-20H,11-18H2. The lowest BCUT2D eigenvalue weighted by Gasteiger charge is -2.37. The summed E-state index contributed by atoms with van der Waals surface area (Å²) in [6, 6.07) is 17.8. The molecule has 9 heteroatoms. The minimum absolute atomic E-state index is 0.0343. The molecular formula is C28H28ClN7O. The van der Waals surface area contributed by atoms with Gasteiger partial charge in [-0.05, 0) is 29.7 Å². The quantitative estimate of drug-likeness (QED) is 0.409. The Labute approximate surface area is 221 Å². The van der Waals surface area contributed by atoms with E-state index in [4.69, 9.17) is 16.6 Å². The molecule has 0 aliphatic carbocycles. The predicted octanol–water partition coefficient (Wildman–Crippen LogP) is 3.97. The molecule has 37 heavy (non-hydrogen) atoms. The van der Waals surface area contributed by atoms with Gasteiger partial charge in [-0.1, -0.05) is 41.9 Å². The minimum atomic E-state index is 0.0343. The Morgan fingerprint density at radius 1 is 0.703 bits per heavy atom. The average molecular weight is 514 g/mol. The molecule has 2 fully saturated rings. The number of carbonyl (C=O) groups excluding carboxylic acids is 1. The lowest BCUT2D eigenvalue weighted by atomic mass is 10.0. The van der Waals surface area contributed by atoms with Crippen LogP contribution in [0.5, 0.6) is 0 Å². The van der Waals surface area contributed by atoms with Crippen LogP contribution in [0.4, 0.5) is 17.5 Å². The molecule has 0 N–H and O–H groups in total. The van der Waals surface area contributed by atoms with Gasteiger partial charge in [-0.3, -0.25) is 4.79 Å².